The molecule has 3 nitrogen and oxygen atoms in total. The number of nitrogens with one attached hydrogen (secondary N) is 1. The van der Waals surface area contributed by atoms with Gasteiger partial charge in [-0.05, 0) is 23.3 Å². The SMILES string of the molecule is CC1(C)c2ccccc2N2CC(=O)N[C@]21/C=C/C=C/c1ccccc1. The first-order valence-corrected chi connectivity index (χ1v) is 8.64. The van der Waals surface area contributed by atoms with E-state index in [4.69, 9.17) is 0 Å². The molecule has 1 amide bonds. The topological polar surface area (TPSA) is 32.3 Å². The van der Waals surface area contributed by atoms with Gasteiger partial charge in [-0.1, -0.05) is 80.6 Å². The smallest absolute Gasteiger partial charge is 0.241 e. The fraction of sp³-hybridized carbons (Fsp3) is 0.227. The van der Waals surface area contributed by atoms with Crippen molar-refractivity contribution in [1.29, 1.82) is 0 Å². The molecule has 3 heteroatoms. The number of fused-ring (bicyclic) bond motifs is 3. The quantitative estimate of drug-likeness (QED) is 0.866. The lowest BCUT2D eigenvalue weighted by Gasteiger charge is -2.40. The molecule has 0 aromatic heterocycles. The van der Waals surface area contributed by atoms with Gasteiger partial charge in [-0.25, -0.2) is 0 Å². The Hall–Kier alpha value is -2.81. The Morgan fingerprint density at radius 2 is 1.72 bits per heavy atom. The van der Waals surface area contributed by atoms with E-state index < -0.39 is 5.66 Å². The van der Waals surface area contributed by atoms with E-state index >= 15 is 0 Å². The number of rotatable bonds is 3. The van der Waals surface area contributed by atoms with Crippen LogP contribution >= 0.6 is 0 Å². The van der Waals surface area contributed by atoms with Crippen molar-refractivity contribution < 1.29 is 4.79 Å². The van der Waals surface area contributed by atoms with Gasteiger partial charge < -0.3 is 10.2 Å². The number of nitrogens with zero attached hydrogens (tertiary/aromatic N) is 1. The minimum atomic E-state index is -0.519. The van der Waals surface area contributed by atoms with Gasteiger partial charge in [-0.2, -0.15) is 0 Å². The summed E-state index contributed by atoms with van der Waals surface area (Å²) in [5.74, 6) is 0.0688. The minimum absolute atomic E-state index is 0.0688. The lowest BCUT2D eigenvalue weighted by molar-refractivity contribution is -0.118. The van der Waals surface area contributed by atoms with Crippen molar-refractivity contribution in [3.63, 3.8) is 0 Å². The number of allylic oxidation sites excluding steroid dienone is 2. The summed E-state index contributed by atoms with van der Waals surface area (Å²) in [7, 11) is 0. The fourth-order valence-electron chi connectivity index (χ4n) is 4.07. The lowest BCUT2D eigenvalue weighted by atomic mass is 9.75. The van der Waals surface area contributed by atoms with E-state index in [1.54, 1.807) is 0 Å². The van der Waals surface area contributed by atoms with Gasteiger partial charge in [0.05, 0.1) is 6.54 Å². The van der Waals surface area contributed by atoms with Crippen molar-refractivity contribution in [3.8, 4) is 0 Å². The van der Waals surface area contributed by atoms with Crippen LogP contribution in [0.4, 0.5) is 5.69 Å². The molecule has 0 unspecified atom stereocenters. The lowest BCUT2D eigenvalue weighted by Crippen LogP contribution is -2.58. The maximum Gasteiger partial charge on any atom is 0.241 e. The average Bonchev–Trinajstić information content (AvgIpc) is 3.05. The Balaban J connectivity index is 1.70. The first-order chi connectivity index (χ1) is 12.0. The van der Waals surface area contributed by atoms with Gasteiger partial charge >= 0.3 is 0 Å². The summed E-state index contributed by atoms with van der Waals surface area (Å²) in [6.07, 6.45) is 8.27. The molecule has 2 aliphatic rings. The third kappa shape index (κ3) is 2.30. The molecule has 2 aromatic rings. The van der Waals surface area contributed by atoms with Crippen molar-refractivity contribution >= 4 is 17.7 Å². The maximum atomic E-state index is 12.2. The number of hydrogen-bond acceptors (Lipinski definition) is 2. The van der Waals surface area contributed by atoms with Crippen LogP contribution in [-0.2, 0) is 10.2 Å². The van der Waals surface area contributed by atoms with Crippen LogP contribution in [0.15, 0.2) is 72.8 Å². The molecule has 126 valence electrons. The second-order valence-electron chi connectivity index (χ2n) is 7.17. The highest BCUT2D eigenvalue weighted by molar-refractivity contribution is 5.91. The number of carbonyl (C=O) groups is 1. The summed E-state index contributed by atoms with van der Waals surface area (Å²) in [4.78, 5) is 14.4. The first kappa shape index (κ1) is 15.7. The van der Waals surface area contributed by atoms with E-state index in [0.717, 1.165) is 11.3 Å². The third-order valence-electron chi connectivity index (χ3n) is 5.42. The van der Waals surface area contributed by atoms with Crippen LogP contribution in [0, 0.1) is 0 Å². The molecule has 1 saturated heterocycles. The summed E-state index contributed by atoms with van der Waals surface area (Å²) in [6, 6.07) is 18.6. The average molecular weight is 330 g/mol. The van der Waals surface area contributed by atoms with Crippen LogP contribution in [-0.4, -0.2) is 18.1 Å². The van der Waals surface area contributed by atoms with E-state index in [2.05, 4.69) is 66.5 Å². The highest BCUT2D eigenvalue weighted by atomic mass is 16.2. The van der Waals surface area contributed by atoms with Gasteiger partial charge in [0.1, 0.15) is 5.66 Å². The van der Waals surface area contributed by atoms with Crippen LogP contribution < -0.4 is 10.2 Å². The summed E-state index contributed by atoms with van der Waals surface area (Å²) in [6.45, 7) is 4.79. The number of carbonyl (C=O) groups excluding carboxylic acids is 1. The standard InChI is InChI=1S/C22H22N2O/c1-21(2)18-13-6-7-14-19(18)24-16-20(25)23-22(21,24)15-9-8-12-17-10-4-3-5-11-17/h3-15H,16H2,1-2H3,(H,23,25)/b12-8+,15-9+/t22-/m1/s1. The molecule has 0 bridgehead atoms. The monoisotopic (exact) mass is 330 g/mol. The molecule has 0 radical (unpaired) electrons. The zero-order valence-electron chi connectivity index (χ0n) is 14.6. The minimum Gasteiger partial charge on any atom is -0.335 e. The molecule has 0 saturated carbocycles. The maximum absolute atomic E-state index is 12.2. The molecule has 25 heavy (non-hydrogen) atoms. The molecule has 4 rings (SSSR count). The van der Waals surface area contributed by atoms with Crippen LogP contribution in [0.25, 0.3) is 6.08 Å². The molecule has 2 heterocycles. The molecule has 0 aliphatic carbocycles. The second kappa shape index (κ2) is 5.62. The van der Waals surface area contributed by atoms with Crippen molar-refractivity contribution in [2.45, 2.75) is 24.9 Å². The summed E-state index contributed by atoms with van der Waals surface area (Å²) in [5.41, 5.74) is 2.84. The van der Waals surface area contributed by atoms with Gasteiger partial charge in [-0.15, -0.1) is 0 Å². The molecule has 2 aliphatic heterocycles. The Morgan fingerprint density at radius 3 is 2.52 bits per heavy atom. The molecule has 1 atom stereocenters. The zero-order chi connectivity index (χ0) is 17.5. The van der Waals surface area contributed by atoms with Crippen molar-refractivity contribution in [2.24, 2.45) is 0 Å². The Morgan fingerprint density at radius 1 is 1.00 bits per heavy atom. The third-order valence-corrected chi connectivity index (χ3v) is 5.42. The number of benzene rings is 2. The summed E-state index contributed by atoms with van der Waals surface area (Å²) >= 11 is 0. The van der Waals surface area contributed by atoms with Gasteiger partial charge in [0.2, 0.25) is 5.91 Å². The molecule has 1 N–H and O–H groups in total. The molecule has 2 aromatic carbocycles. The zero-order valence-corrected chi connectivity index (χ0v) is 14.6. The van der Waals surface area contributed by atoms with Gasteiger partial charge in [0.25, 0.3) is 0 Å². The predicted octanol–water partition coefficient (Wildman–Crippen LogP) is 3.88. The highest BCUT2D eigenvalue weighted by Gasteiger charge is 2.59. The first-order valence-electron chi connectivity index (χ1n) is 8.64. The Kier molecular flexibility index (Phi) is 3.53. The van der Waals surface area contributed by atoms with Crippen LogP contribution in [0.3, 0.4) is 0 Å². The van der Waals surface area contributed by atoms with E-state index in [0.29, 0.717) is 6.54 Å². The predicted molar refractivity (Wildman–Crippen MR) is 102 cm³/mol. The van der Waals surface area contributed by atoms with Crippen molar-refractivity contribution in [1.82, 2.24) is 5.32 Å². The largest absolute Gasteiger partial charge is 0.335 e. The highest BCUT2D eigenvalue weighted by Crippen LogP contribution is 2.52. The van der Waals surface area contributed by atoms with Crippen molar-refractivity contribution in [3.05, 3.63) is 84.0 Å². The van der Waals surface area contributed by atoms with Crippen LogP contribution in [0.2, 0.25) is 0 Å². The van der Waals surface area contributed by atoms with Gasteiger partial charge in [0.15, 0.2) is 0 Å². The number of para-hydroxylation sites is 1. The van der Waals surface area contributed by atoms with Gasteiger partial charge in [-0.3, -0.25) is 4.79 Å². The summed E-state index contributed by atoms with van der Waals surface area (Å²) < 4.78 is 0. The fourth-order valence-corrected chi connectivity index (χ4v) is 4.07. The van der Waals surface area contributed by atoms with Crippen LogP contribution in [0.1, 0.15) is 25.0 Å². The van der Waals surface area contributed by atoms with E-state index in [9.17, 15) is 4.79 Å². The second-order valence-corrected chi connectivity index (χ2v) is 7.17. The molecular formula is C22H22N2O. The van der Waals surface area contributed by atoms with Gasteiger partial charge in [0, 0.05) is 11.1 Å². The number of anilines is 1. The number of amides is 1. The van der Waals surface area contributed by atoms with E-state index in [1.165, 1.54) is 5.56 Å². The molecular weight excluding hydrogens is 308 g/mol. The van der Waals surface area contributed by atoms with Crippen molar-refractivity contribution in [2.75, 3.05) is 11.4 Å². The molecule has 0 spiro atoms. The summed E-state index contributed by atoms with van der Waals surface area (Å²) in [5, 5.41) is 3.23. The van der Waals surface area contributed by atoms with Crippen LogP contribution in [0.5, 0.6) is 0 Å². The Bertz CT molecular complexity index is 867. The normalized spacial score (nSPS) is 23.9. The Labute approximate surface area is 148 Å². The van der Waals surface area contributed by atoms with E-state index in [1.807, 2.05) is 36.4 Å². The molecule has 1 fully saturated rings. The van der Waals surface area contributed by atoms with E-state index in [-0.39, 0.29) is 11.3 Å². The number of hydrogen-bond donors (Lipinski definition) is 1.